The first-order chi connectivity index (χ1) is 17.0. The van der Waals surface area contributed by atoms with Gasteiger partial charge in [-0.1, -0.05) is 11.6 Å². The van der Waals surface area contributed by atoms with Crippen LogP contribution in [0.5, 0.6) is 0 Å². The van der Waals surface area contributed by atoms with E-state index >= 15 is 0 Å². The zero-order valence-corrected chi connectivity index (χ0v) is 19.8. The molecule has 2 bridgehead atoms. The van der Waals surface area contributed by atoms with Crippen LogP contribution in [0.15, 0.2) is 30.9 Å². The van der Waals surface area contributed by atoms with Gasteiger partial charge in [-0.25, -0.2) is 19.7 Å². The van der Waals surface area contributed by atoms with Crippen LogP contribution in [-0.2, 0) is 9.53 Å². The van der Waals surface area contributed by atoms with Gasteiger partial charge in [0.05, 0.1) is 34.5 Å². The SMILES string of the molecule is CCOC(=O)c1cn([C@@H]2C3CCC(CC3)[C@H]2C(=O)O)c2nc(-c3c[nH]c4ncc(Cl)cc34)ncc12. The van der Waals surface area contributed by atoms with Crippen LogP contribution < -0.4 is 0 Å². The molecule has 3 saturated carbocycles. The van der Waals surface area contributed by atoms with Crippen LogP contribution in [0.25, 0.3) is 33.5 Å². The highest BCUT2D eigenvalue weighted by Crippen LogP contribution is 2.52. The highest BCUT2D eigenvalue weighted by molar-refractivity contribution is 6.31. The maximum Gasteiger partial charge on any atom is 0.340 e. The van der Waals surface area contributed by atoms with E-state index in [2.05, 4.69) is 15.0 Å². The standard InChI is InChI=1S/C25H24ClN5O4/c1-2-35-25(34)18-11-31(20-13-5-3-12(4-6-13)19(20)24(32)33)23-17(18)10-29-22(30-23)16-9-28-21-15(16)7-14(26)8-27-21/h7-13,19-20H,2-6H2,1H3,(H,27,28)(H,32,33)/t12?,13?,19-,20-/m1/s1. The molecule has 0 amide bonds. The third kappa shape index (κ3) is 3.48. The van der Waals surface area contributed by atoms with Crippen molar-refractivity contribution in [2.75, 3.05) is 6.61 Å². The number of hydrogen-bond acceptors (Lipinski definition) is 6. The molecule has 3 aliphatic carbocycles. The molecule has 0 radical (unpaired) electrons. The Balaban J connectivity index is 1.56. The molecule has 2 N–H and O–H groups in total. The number of rotatable bonds is 5. The topological polar surface area (TPSA) is 123 Å². The number of fused-ring (bicyclic) bond motifs is 5. The monoisotopic (exact) mass is 493 g/mol. The number of aromatic amines is 1. The molecule has 0 spiro atoms. The average molecular weight is 494 g/mol. The van der Waals surface area contributed by atoms with Gasteiger partial charge in [-0.15, -0.1) is 0 Å². The molecule has 0 saturated heterocycles. The summed E-state index contributed by atoms with van der Waals surface area (Å²) in [5, 5.41) is 12.0. The summed E-state index contributed by atoms with van der Waals surface area (Å²) in [6.45, 7) is 1.99. The van der Waals surface area contributed by atoms with Crippen LogP contribution in [0, 0.1) is 17.8 Å². The van der Waals surface area contributed by atoms with E-state index in [4.69, 9.17) is 21.3 Å². The van der Waals surface area contributed by atoms with E-state index in [1.807, 2.05) is 4.57 Å². The van der Waals surface area contributed by atoms with E-state index < -0.39 is 17.9 Å². The number of carbonyl (C=O) groups excluding carboxylic acids is 1. The number of ether oxygens (including phenoxy) is 1. The van der Waals surface area contributed by atoms with Crippen molar-refractivity contribution in [3.8, 4) is 11.4 Å². The highest BCUT2D eigenvalue weighted by Gasteiger charge is 2.48. The van der Waals surface area contributed by atoms with Gasteiger partial charge in [0.2, 0.25) is 0 Å². The number of nitrogens with zero attached hydrogens (tertiary/aromatic N) is 4. The Labute approximate surface area is 205 Å². The number of carboxylic acid groups (broad SMARTS) is 1. The van der Waals surface area contributed by atoms with Crippen molar-refractivity contribution in [3.63, 3.8) is 0 Å². The molecule has 4 aromatic rings. The second-order valence-corrected chi connectivity index (χ2v) is 9.82. The fourth-order valence-corrected chi connectivity index (χ4v) is 6.24. The molecule has 7 rings (SSSR count). The van der Waals surface area contributed by atoms with Crippen LogP contribution in [0.1, 0.15) is 49.0 Å². The average Bonchev–Trinajstić information content (AvgIpc) is 3.45. The van der Waals surface area contributed by atoms with Crippen LogP contribution in [0.2, 0.25) is 5.02 Å². The third-order valence-corrected chi connectivity index (χ3v) is 7.79. The van der Waals surface area contributed by atoms with E-state index in [0.717, 1.165) is 36.6 Å². The zero-order valence-electron chi connectivity index (χ0n) is 19.1. The van der Waals surface area contributed by atoms with Crippen molar-refractivity contribution in [3.05, 3.63) is 41.4 Å². The molecule has 4 aromatic heterocycles. The number of H-pyrrole nitrogens is 1. The Morgan fingerprint density at radius 1 is 1.17 bits per heavy atom. The number of hydrogen-bond donors (Lipinski definition) is 2. The Kier molecular flexibility index (Phi) is 5.25. The van der Waals surface area contributed by atoms with Crippen molar-refractivity contribution in [1.82, 2.24) is 24.5 Å². The van der Waals surface area contributed by atoms with Gasteiger partial charge < -0.3 is 19.4 Å². The molecule has 180 valence electrons. The van der Waals surface area contributed by atoms with E-state index in [9.17, 15) is 14.7 Å². The van der Waals surface area contributed by atoms with Gasteiger partial charge in [-0.2, -0.15) is 0 Å². The van der Waals surface area contributed by atoms with Gasteiger partial charge in [-0.05, 0) is 50.5 Å². The fourth-order valence-electron chi connectivity index (χ4n) is 6.09. The normalized spacial score (nSPS) is 23.7. The van der Waals surface area contributed by atoms with Crippen LogP contribution in [-0.4, -0.2) is 48.2 Å². The number of carbonyl (C=O) groups is 2. The lowest BCUT2D eigenvalue weighted by Crippen LogP contribution is -2.45. The van der Waals surface area contributed by atoms with Gasteiger partial charge in [0, 0.05) is 35.7 Å². The van der Waals surface area contributed by atoms with Crippen molar-refractivity contribution >= 4 is 45.6 Å². The zero-order chi connectivity index (χ0) is 24.3. The molecule has 0 aliphatic heterocycles. The van der Waals surface area contributed by atoms with Crippen molar-refractivity contribution < 1.29 is 19.4 Å². The highest BCUT2D eigenvalue weighted by atomic mass is 35.5. The summed E-state index contributed by atoms with van der Waals surface area (Å²) in [4.78, 5) is 42.0. The maximum atomic E-state index is 12.8. The lowest BCUT2D eigenvalue weighted by atomic mass is 9.61. The summed E-state index contributed by atoms with van der Waals surface area (Å²) in [5.74, 6) is -1.02. The predicted molar refractivity (Wildman–Crippen MR) is 129 cm³/mol. The predicted octanol–water partition coefficient (Wildman–Crippen LogP) is 4.87. The molecule has 3 aliphatic rings. The summed E-state index contributed by atoms with van der Waals surface area (Å²) < 4.78 is 7.20. The molecule has 10 heteroatoms. The van der Waals surface area contributed by atoms with E-state index in [-0.39, 0.29) is 24.5 Å². The summed E-state index contributed by atoms with van der Waals surface area (Å²) in [6.07, 6.45) is 10.5. The molecule has 2 atom stereocenters. The number of nitrogens with one attached hydrogen (secondary N) is 1. The maximum absolute atomic E-state index is 12.8. The molecule has 3 fully saturated rings. The summed E-state index contributed by atoms with van der Waals surface area (Å²) in [6, 6.07) is 1.51. The first kappa shape index (κ1) is 22.0. The number of pyridine rings is 1. The largest absolute Gasteiger partial charge is 0.481 e. The Morgan fingerprint density at radius 2 is 1.94 bits per heavy atom. The Morgan fingerprint density at radius 3 is 2.69 bits per heavy atom. The smallest absolute Gasteiger partial charge is 0.340 e. The Bertz CT molecular complexity index is 1470. The minimum Gasteiger partial charge on any atom is -0.481 e. The quantitative estimate of drug-likeness (QED) is 0.380. The minimum absolute atomic E-state index is 0.120. The molecule has 35 heavy (non-hydrogen) atoms. The number of aromatic nitrogens is 5. The molecule has 9 nitrogen and oxygen atoms in total. The van der Waals surface area contributed by atoms with Crippen molar-refractivity contribution in [1.29, 1.82) is 0 Å². The summed E-state index contributed by atoms with van der Waals surface area (Å²) >= 11 is 6.18. The van der Waals surface area contributed by atoms with E-state index in [1.54, 1.807) is 37.8 Å². The van der Waals surface area contributed by atoms with Gasteiger partial charge in [0.1, 0.15) is 11.3 Å². The molecule has 0 aromatic carbocycles. The van der Waals surface area contributed by atoms with Crippen LogP contribution in [0.3, 0.4) is 0 Å². The summed E-state index contributed by atoms with van der Waals surface area (Å²) in [5.41, 5.74) is 2.27. The van der Waals surface area contributed by atoms with Gasteiger partial charge in [-0.3, -0.25) is 4.79 Å². The third-order valence-electron chi connectivity index (χ3n) is 7.59. The van der Waals surface area contributed by atoms with Crippen LogP contribution in [0.4, 0.5) is 0 Å². The first-order valence-electron chi connectivity index (χ1n) is 11.9. The lowest BCUT2D eigenvalue weighted by molar-refractivity contribution is -0.151. The van der Waals surface area contributed by atoms with Crippen LogP contribution >= 0.6 is 11.6 Å². The second kappa shape index (κ2) is 8.34. The van der Waals surface area contributed by atoms with Crippen molar-refractivity contribution in [2.24, 2.45) is 17.8 Å². The van der Waals surface area contributed by atoms with Gasteiger partial charge in [0.25, 0.3) is 0 Å². The van der Waals surface area contributed by atoms with E-state index in [1.165, 1.54) is 0 Å². The summed E-state index contributed by atoms with van der Waals surface area (Å²) in [7, 11) is 0. The van der Waals surface area contributed by atoms with E-state index in [0.29, 0.717) is 33.1 Å². The molecular weight excluding hydrogens is 470 g/mol. The number of aliphatic carboxylic acids is 1. The fraction of sp³-hybridized carbons (Fsp3) is 0.400. The Hall–Kier alpha value is -3.46. The second-order valence-electron chi connectivity index (χ2n) is 9.38. The molecule has 0 unspecified atom stereocenters. The lowest BCUT2D eigenvalue weighted by Gasteiger charge is -2.47. The number of carboxylic acids is 1. The van der Waals surface area contributed by atoms with Gasteiger partial charge in [0.15, 0.2) is 5.82 Å². The minimum atomic E-state index is -0.796. The first-order valence-corrected chi connectivity index (χ1v) is 12.2. The number of halogens is 1. The molecular formula is C25H24ClN5O4. The van der Waals surface area contributed by atoms with Gasteiger partial charge >= 0.3 is 11.9 Å². The molecule has 4 heterocycles. The number of esters is 1. The van der Waals surface area contributed by atoms with Crippen molar-refractivity contribution in [2.45, 2.75) is 38.6 Å².